The molecule has 84 valence electrons. The molecule has 0 aromatic carbocycles. The van der Waals surface area contributed by atoms with Crippen molar-refractivity contribution < 1.29 is 14.7 Å². The molecule has 1 aromatic rings. The lowest BCUT2D eigenvalue weighted by Crippen LogP contribution is -2.41. The lowest BCUT2D eigenvalue weighted by atomic mass is 10.2. The molecule has 2 heterocycles. The van der Waals surface area contributed by atoms with Gasteiger partial charge in [-0.05, 0) is 12.1 Å². The van der Waals surface area contributed by atoms with Crippen LogP contribution >= 0.6 is 11.6 Å². The van der Waals surface area contributed by atoms with Gasteiger partial charge in [-0.25, -0.2) is 9.78 Å². The summed E-state index contributed by atoms with van der Waals surface area (Å²) in [6.07, 6.45) is 0. The van der Waals surface area contributed by atoms with Crippen LogP contribution in [-0.4, -0.2) is 33.5 Å². The van der Waals surface area contributed by atoms with Gasteiger partial charge in [0, 0.05) is 0 Å². The molecule has 1 aliphatic rings. The Morgan fingerprint density at radius 2 is 2.38 bits per heavy atom. The fraction of sp³-hybridized carbons (Fsp3) is 0.222. The van der Waals surface area contributed by atoms with E-state index < -0.39 is 12.0 Å². The number of hydrogen-bond acceptors (Lipinski definition) is 3. The van der Waals surface area contributed by atoms with Crippen molar-refractivity contribution in [1.29, 1.82) is 0 Å². The zero-order valence-corrected chi connectivity index (χ0v) is 8.86. The van der Waals surface area contributed by atoms with Crippen LogP contribution in [0.2, 0.25) is 5.15 Å². The highest BCUT2D eigenvalue weighted by Crippen LogP contribution is 2.22. The second kappa shape index (κ2) is 3.97. The number of aromatic nitrogens is 1. The van der Waals surface area contributed by atoms with Crippen LogP contribution in [0.3, 0.4) is 0 Å². The number of carbonyl (C=O) groups excluding carboxylic acids is 1. The number of carbonyl (C=O) groups is 2. The Bertz CT molecular complexity index is 463. The number of nitrogens with one attached hydrogen (secondary N) is 1. The quantitative estimate of drug-likeness (QED) is 0.762. The second-order valence-electron chi connectivity index (χ2n) is 3.31. The normalized spacial score (nSPS) is 14.3. The van der Waals surface area contributed by atoms with E-state index in [0.717, 1.165) is 4.90 Å². The topological polar surface area (TPSA) is 82.5 Å². The second-order valence-corrected chi connectivity index (χ2v) is 3.70. The minimum absolute atomic E-state index is 0.147. The summed E-state index contributed by atoms with van der Waals surface area (Å²) in [6.45, 7) is -0.215. The van der Waals surface area contributed by atoms with Crippen LogP contribution in [0.25, 0.3) is 0 Å². The summed E-state index contributed by atoms with van der Waals surface area (Å²) < 4.78 is 0. The number of pyridine rings is 1. The molecule has 0 bridgehead atoms. The van der Waals surface area contributed by atoms with Crippen molar-refractivity contribution in [2.75, 3.05) is 11.9 Å². The standard InChI is InChI=1S/C9H8ClN3O3/c10-7-2-1-5-6(11-7)3-13(4-8(14)15)9(16)12-5/h1-2H,3-4H2,(H,12,16)(H,14,15). The Balaban J connectivity index is 2.26. The van der Waals surface area contributed by atoms with Gasteiger partial charge in [-0.2, -0.15) is 0 Å². The summed E-state index contributed by atoms with van der Waals surface area (Å²) in [5.74, 6) is -1.07. The van der Waals surface area contributed by atoms with Gasteiger partial charge in [-0.1, -0.05) is 11.6 Å². The van der Waals surface area contributed by atoms with Gasteiger partial charge in [0.05, 0.1) is 17.9 Å². The first-order valence-corrected chi connectivity index (χ1v) is 4.87. The predicted octanol–water partition coefficient (Wildman–Crippen LogP) is 1.17. The average molecular weight is 242 g/mol. The molecular formula is C9H8ClN3O3. The Kier molecular flexibility index (Phi) is 2.66. The minimum Gasteiger partial charge on any atom is -0.480 e. The molecule has 2 rings (SSSR count). The first kappa shape index (κ1) is 10.7. The van der Waals surface area contributed by atoms with E-state index in [0.29, 0.717) is 16.5 Å². The Morgan fingerprint density at radius 1 is 1.62 bits per heavy atom. The summed E-state index contributed by atoms with van der Waals surface area (Å²) in [5.41, 5.74) is 1.13. The van der Waals surface area contributed by atoms with E-state index in [1.54, 1.807) is 12.1 Å². The van der Waals surface area contributed by atoms with Gasteiger partial charge in [-0.15, -0.1) is 0 Å². The van der Waals surface area contributed by atoms with Crippen LogP contribution in [0, 0.1) is 0 Å². The number of anilines is 1. The van der Waals surface area contributed by atoms with Crippen LogP contribution in [-0.2, 0) is 11.3 Å². The van der Waals surface area contributed by atoms with E-state index in [4.69, 9.17) is 16.7 Å². The predicted molar refractivity (Wildman–Crippen MR) is 56.3 cm³/mol. The van der Waals surface area contributed by atoms with E-state index >= 15 is 0 Å². The maximum Gasteiger partial charge on any atom is 0.323 e. The smallest absolute Gasteiger partial charge is 0.323 e. The lowest BCUT2D eigenvalue weighted by Gasteiger charge is -2.27. The monoisotopic (exact) mass is 241 g/mol. The number of amides is 2. The lowest BCUT2D eigenvalue weighted by molar-refractivity contribution is -0.137. The number of halogens is 1. The van der Waals surface area contributed by atoms with E-state index in [1.165, 1.54) is 0 Å². The van der Waals surface area contributed by atoms with Crippen molar-refractivity contribution >= 4 is 29.3 Å². The number of hydrogen-bond donors (Lipinski definition) is 2. The number of urea groups is 1. The third kappa shape index (κ3) is 2.06. The molecule has 7 heteroatoms. The Labute approximate surface area is 95.8 Å². The van der Waals surface area contributed by atoms with E-state index in [2.05, 4.69) is 10.3 Å². The summed E-state index contributed by atoms with van der Waals surface area (Å²) in [4.78, 5) is 27.2. The molecule has 0 spiro atoms. The van der Waals surface area contributed by atoms with Crippen molar-refractivity contribution in [1.82, 2.24) is 9.88 Å². The summed E-state index contributed by atoms with van der Waals surface area (Å²) in [7, 11) is 0. The molecule has 1 aromatic heterocycles. The molecule has 0 aliphatic carbocycles. The first-order valence-electron chi connectivity index (χ1n) is 4.49. The summed E-state index contributed by atoms with van der Waals surface area (Å²) in [6, 6.07) is 2.76. The van der Waals surface area contributed by atoms with Crippen LogP contribution in [0.4, 0.5) is 10.5 Å². The minimum atomic E-state index is -1.07. The fourth-order valence-electron chi connectivity index (χ4n) is 1.45. The van der Waals surface area contributed by atoms with Crippen molar-refractivity contribution in [3.63, 3.8) is 0 Å². The third-order valence-electron chi connectivity index (χ3n) is 2.14. The molecule has 6 nitrogen and oxygen atoms in total. The highest BCUT2D eigenvalue weighted by atomic mass is 35.5. The molecule has 0 saturated heterocycles. The molecule has 0 saturated carbocycles. The van der Waals surface area contributed by atoms with Crippen LogP contribution in [0.1, 0.15) is 5.69 Å². The van der Waals surface area contributed by atoms with Crippen molar-refractivity contribution in [3.05, 3.63) is 23.0 Å². The number of rotatable bonds is 2. The molecule has 0 atom stereocenters. The van der Waals surface area contributed by atoms with Gasteiger partial charge in [0.2, 0.25) is 0 Å². The average Bonchev–Trinajstić information content (AvgIpc) is 2.19. The molecule has 0 fully saturated rings. The Morgan fingerprint density at radius 3 is 3.06 bits per heavy atom. The van der Waals surface area contributed by atoms with Gasteiger partial charge in [-0.3, -0.25) is 4.79 Å². The van der Waals surface area contributed by atoms with Crippen LogP contribution in [0.15, 0.2) is 12.1 Å². The van der Waals surface area contributed by atoms with Crippen molar-refractivity contribution in [2.45, 2.75) is 6.54 Å². The van der Waals surface area contributed by atoms with E-state index in [1.807, 2.05) is 0 Å². The van der Waals surface area contributed by atoms with Crippen molar-refractivity contribution in [3.8, 4) is 0 Å². The molecule has 2 N–H and O–H groups in total. The summed E-state index contributed by atoms with van der Waals surface area (Å²) >= 11 is 5.71. The first-order chi connectivity index (χ1) is 7.56. The number of carboxylic acids is 1. The van der Waals surface area contributed by atoms with Gasteiger partial charge in [0.1, 0.15) is 11.7 Å². The van der Waals surface area contributed by atoms with E-state index in [-0.39, 0.29) is 13.1 Å². The zero-order valence-electron chi connectivity index (χ0n) is 8.11. The highest BCUT2D eigenvalue weighted by Gasteiger charge is 2.25. The van der Waals surface area contributed by atoms with Gasteiger partial charge in [0.25, 0.3) is 0 Å². The zero-order chi connectivity index (χ0) is 11.7. The van der Waals surface area contributed by atoms with E-state index in [9.17, 15) is 9.59 Å². The maximum absolute atomic E-state index is 11.5. The highest BCUT2D eigenvalue weighted by molar-refractivity contribution is 6.29. The largest absolute Gasteiger partial charge is 0.480 e. The molecule has 0 radical (unpaired) electrons. The molecule has 1 aliphatic heterocycles. The molecule has 16 heavy (non-hydrogen) atoms. The van der Waals surface area contributed by atoms with Crippen molar-refractivity contribution in [2.24, 2.45) is 0 Å². The number of carboxylic acid groups (broad SMARTS) is 1. The molecule has 0 unspecified atom stereocenters. The van der Waals surface area contributed by atoms with Crippen LogP contribution in [0.5, 0.6) is 0 Å². The van der Waals surface area contributed by atoms with Gasteiger partial charge < -0.3 is 15.3 Å². The fourth-order valence-corrected chi connectivity index (χ4v) is 1.61. The number of fused-ring (bicyclic) bond motifs is 1. The molecular weight excluding hydrogens is 234 g/mol. The summed E-state index contributed by atoms with van der Waals surface area (Å²) in [5, 5.41) is 11.5. The number of nitrogens with zero attached hydrogens (tertiary/aromatic N) is 2. The van der Waals surface area contributed by atoms with Crippen LogP contribution < -0.4 is 5.32 Å². The maximum atomic E-state index is 11.5. The van der Waals surface area contributed by atoms with Gasteiger partial charge >= 0.3 is 12.0 Å². The number of aliphatic carboxylic acids is 1. The van der Waals surface area contributed by atoms with Gasteiger partial charge in [0.15, 0.2) is 0 Å². The molecule has 2 amide bonds. The third-order valence-corrected chi connectivity index (χ3v) is 2.35. The SMILES string of the molecule is O=C(O)CN1Cc2nc(Cl)ccc2NC1=O. The Hall–Kier alpha value is -1.82.